The van der Waals surface area contributed by atoms with Crippen LogP contribution in [-0.4, -0.2) is 11.7 Å². The second kappa shape index (κ2) is 6.74. The van der Waals surface area contributed by atoms with Crippen LogP contribution >= 0.6 is 0 Å². The van der Waals surface area contributed by atoms with Crippen LogP contribution in [-0.2, 0) is 17.4 Å². The second-order valence-electron chi connectivity index (χ2n) is 4.64. The van der Waals surface area contributed by atoms with Gasteiger partial charge >= 0.3 is 6.18 Å². The number of amides is 1. The third-order valence-electron chi connectivity index (χ3n) is 3.27. The van der Waals surface area contributed by atoms with Gasteiger partial charge < -0.3 is 5.73 Å². The summed E-state index contributed by atoms with van der Waals surface area (Å²) < 4.78 is 37.7. The van der Waals surface area contributed by atoms with Crippen molar-refractivity contribution in [1.82, 2.24) is 0 Å². The second-order valence-corrected chi connectivity index (χ2v) is 4.64. The van der Waals surface area contributed by atoms with Gasteiger partial charge in [-0.25, -0.2) is 0 Å². The first-order valence-electron chi connectivity index (χ1n) is 6.81. The van der Waals surface area contributed by atoms with Crippen molar-refractivity contribution in [3.63, 3.8) is 0 Å². The summed E-state index contributed by atoms with van der Waals surface area (Å²) in [5.74, 6) is -1.16. The lowest BCUT2D eigenvalue weighted by molar-refractivity contribution is -0.137. The van der Waals surface area contributed by atoms with Crippen molar-refractivity contribution >= 4 is 11.7 Å². The predicted molar refractivity (Wildman–Crippen MR) is 72.7 cm³/mol. The zero-order chi connectivity index (χ0) is 16.2. The van der Waals surface area contributed by atoms with Crippen LogP contribution in [0.15, 0.2) is 18.2 Å². The monoisotopic (exact) mass is 301 g/mol. The number of halogens is 3. The number of hydrogen-bond donors (Lipinski definition) is 1. The van der Waals surface area contributed by atoms with Crippen LogP contribution in [0, 0.1) is 5.92 Å². The smallest absolute Gasteiger partial charge is 0.370 e. The summed E-state index contributed by atoms with van der Waals surface area (Å²) in [6.07, 6.45) is -3.82. The molecule has 1 aromatic carbocycles. The Labute approximate surface area is 121 Å². The van der Waals surface area contributed by atoms with Crippen molar-refractivity contribution < 1.29 is 22.8 Å². The third-order valence-corrected chi connectivity index (χ3v) is 3.27. The first kappa shape index (κ1) is 17.2. The Morgan fingerprint density at radius 3 is 2.48 bits per heavy atom. The number of rotatable bonds is 3. The molecule has 2 N–H and O–H groups in total. The van der Waals surface area contributed by atoms with Crippen LogP contribution < -0.4 is 5.73 Å². The Morgan fingerprint density at radius 1 is 1.33 bits per heavy atom. The number of carbonyl (C=O) groups excluding carboxylic acids is 2. The fourth-order valence-corrected chi connectivity index (χ4v) is 2.31. The molecule has 1 atom stereocenters. The molecule has 1 unspecified atom stereocenters. The Kier molecular flexibility index (Phi) is 5.52. The molecule has 0 aromatic heterocycles. The van der Waals surface area contributed by atoms with Gasteiger partial charge in [0.2, 0.25) is 5.91 Å². The largest absolute Gasteiger partial charge is 0.416 e. The van der Waals surface area contributed by atoms with Gasteiger partial charge in [0.15, 0.2) is 5.78 Å². The zero-order valence-corrected chi connectivity index (χ0v) is 12.0. The SMILES string of the molecule is CC.NC(=O)CCC1Cc2cc(C(F)(F)F)ccc2C1=O. The molecule has 0 aliphatic heterocycles. The van der Waals surface area contributed by atoms with Gasteiger partial charge in [-0.3, -0.25) is 9.59 Å². The number of Topliss-reactive ketones (excluding diaryl/α,β-unsaturated/α-hetero) is 1. The molecule has 0 heterocycles. The van der Waals surface area contributed by atoms with Crippen molar-refractivity contribution in [3.05, 3.63) is 34.9 Å². The van der Waals surface area contributed by atoms with Crippen LogP contribution in [0.4, 0.5) is 13.2 Å². The maximum atomic E-state index is 12.6. The molecule has 0 spiro atoms. The van der Waals surface area contributed by atoms with Gasteiger partial charge in [0.1, 0.15) is 0 Å². The van der Waals surface area contributed by atoms with Crippen molar-refractivity contribution in [2.75, 3.05) is 0 Å². The van der Waals surface area contributed by atoms with E-state index in [2.05, 4.69) is 0 Å². The number of ketones is 1. The molecule has 6 heteroatoms. The van der Waals surface area contributed by atoms with Crippen LogP contribution in [0.5, 0.6) is 0 Å². The molecule has 0 bridgehead atoms. The van der Waals surface area contributed by atoms with E-state index in [-0.39, 0.29) is 25.0 Å². The number of nitrogens with two attached hydrogens (primary N) is 1. The molecular weight excluding hydrogens is 283 g/mol. The highest BCUT2D eigenvalue weighted by Crippen LogP contribution is 2.35. The maximum absolute atomic E-state index is 12.6. The predicted octanol–water partition coefficient (Wildman–Crippen LogP) is 3.35. The van der Waals surface area contributed by atoms with Gasteiger partial charge in [0.25, 0.3) is 0 Å². The van der Waals surface area contributed by atoms with E-state index < -0.39 is 23.6 Å². The molecule has 3 nitrogen and oxygen atoms in total. The standard InChI is InChI=1S/C13H12F3NO2.C2H6/c14-13(15,16)9-2-3-10-8(6-9)5-7(12(10)19)1-4-11(17)18;1-2/h2-3,6-7H,1,4-5H2,(H2,17,18);1-2H3. The van der Waals surface area contributed by atoms with E-state index in [1.54, 1.807) is 0 Å². The normalized spacial score (nSPS) is 17.0. The fraction of sp³-hybridized carbons (Fsp3) is 0.467. The number of hydrogen-bond acceptors (Lipinski definition) is 2. The lowest BCUT2D eigenvalue weighted by Gasteiger charge is -2.07. The molecule has 0 radical (unpaired) electrons. The van der Waals surface area contributed by atoms with Crippen molar-refractivity contribution in [2.24, 2.45) is 11.7 Å². The minimum Gasteiger partial charge on any atom is -0.370 e. The van der Waals surface area contributed by atoms with Crippen LogP contribution in [0.25, 0.3) is 0 Å². The van der Waals surface area contributed by atoms with E-state index in [4.69, 9.17) is 5.73 Å². The molecule has 2 rings (SSSR count). The lowest BCUT2D eigenvalue weighted by Crippen LogP contribution is -2.15. The average molecular weight is 301 g/mol. The van der Waals surface area contributed by atoms with Crippen LogP contribution in [0.2, 0.25) is 0 Å². The molecule has 1 amide bonds. The summed E-state index contributed by atoms with van der Waals surface area (Å²) >= 11 is 0. The molecular formula is C15H18F3NO2. The molecule has 1 aromatic rings. The van der Waals surface area contributed by atoms with E-state index in [1.807, 2.05) is 13.8 Å². The Hall–Kier alpha value is -1.85. The first-order valence-corrected chi connectivity index (χ1v) is 6.81. The highest BCUT2D eigenvalue weighted by atomic mass is 19.4. The number of carbonyl (C=O) groups is 2. The quantitative estimate of drug-likeness (QED) is 0.930. The van der Waals surface area contributed by atoms with E-state index in [9.17, 15) is 22.8 Å². The van der Waals surface area contributed by atoms with Gasteiger partial charge in [0, 0.05) is 17.9 Å². The molecule has 0 saturated heterocycles. The summed E-state index contributed by atoms with van der Waals surface area (Å²) in [6, 6.07) is 3.13. The van der Waals surface area contributed by atoms with Gasteiger partial charge in [-0.1, -0.05) is 19.9 Å². The Morgan fingerprint density at radius 2 is 1.95 bits per heavy atom. The fourth-order valence-electron chi connectivity index (χ4n) is 2.31. The lowest BCUT2D eigenvalue weighted by atomic mass is 9.99. The first-order chi connectivity index (χ1) is 9.79. The topological polar surface area (TPSA) is 60.2 Å². The molecule has 116 valence electrons. The minimum absolute atomic E-state index is 0.0660. The summed E-state index contributed by atoms with van der Waals surface area (Å²) in [7, 11) is 0. The zero-order valence-electron chi connectivity index (χ0n) is 12.0. The molecule has 0 fully saturated rings. The van der Waals surface area contributed by atoms with E-state index >= 15 is 0 Å². The van der Waals surface area contributed by atoms with Gasteiger partial charge in [-0.2, -0.15) is 13.2 Å². The summed E-state index contributed by atoms with van der Waals surface area (Å²) in [5, 5.41) is 0. The molecule has 21 heavy (non-hydrogen) atoms. The van der Waals surface area contributed by atoms with Gasteiger partial charge in [0.05, 0.1) is 5.56 Å². The van der Waals surface area contributed by atoms with Crippen molar-refractivity contribution in [2.45, 2.75) is 39.3 Å². The average Bonchev–Trinajstić information content (AvgIpc) is 2.74. The summed E-state index contributed by atoms with van der Waals surface area (Å²) in [4.78, 5) is 22.6. The third kappa shape index (κ3) is 4.06. The van der Waals surface area contributed by atoms with Crippen LogP contribution in [0.1, 0.15) is 48.2 Å². The van der Waals surface area contributed by atoms with Crippen molar-refractivity contribution in [3.8, 4) is 0 Å². The van der Waals surface area contributed by atoms with Gasteiger partial charge in [-0.05, 0) is 30.5 Å². The van der Waals surface area contributed by atoms with E-state index in [0.29, 0.717) is 11.1 Å². The summed E-state index contributed by atoms with van der Waals surface area (Å²) in [6.45, 7) is 4.00. The molecule has 1 aliphatic carbocycles. The number of fused-ring (bicyclic) bond motifs is 1. The van der Waals surface area contributed by atoms with Crippen LogP contribution in [0.3, 0.4) is 0 Å². The van der Waals surface area contributed by atoms with E-state index in [1.165, 1.54) is 6.07 Å². The Balaban J connectivity index is 0.00000106. The Bertz CT molecular complexity index is 538. The molecule has 0 saturated carbocycles. The number of primary amides is 1. The summed E-state index contributed by atoms with van der Waals surface area (Å²) in [5.41, 5.74) is 4.97. The highest BCUT2D eigenvalue weighted by molar-refractivity contribution is 6.02. The van der Waals surface area contributed by atoms with Gasteiger partial charge in [-0.15, -0.1) is 0 Å². The number of benzene rings is 1. The highest BCUT2D eigenvalue weighted by Gasteiger charge is 2.35. The van der Waals surface area contributed by atoms with E-state index in [0.717, 1.165) is 12.1 Å². The maximum Gasteiger partial charge on any atom is 0.416 e. The van der Waals surface area contributed by atoms with Crippen molar-refractivity contribution in [1.29, 1.82) is 0 Å². The number of alkyl halides is 3. The molecule has 1 aliphatic rings. The minimum atomic E-state index is -4.41.